The van der Waals surface area contributed by atoms with Crippen LogP contribution in [-0.2, 0) is 0 Å². The highest BCUT2D eigenvalue weighted by Crippen LogP contribution is 2.47. The fourth-order valence-electron chi connectivity index (χ4n) is 8.21. The number of rotatable bonds is 3. The summed E-state index contributed by atoms with van der Waals surface area (Å²) in [7, 11) is 0. The van der Waals surface area contributed by atoms with E-state index in [-0.39, 0.29) is 0 Å². The maximum absolute atomic E-state index is 2.48. The van der Waals surface area contributed by atoms with E-state index in [1.54, 1.807) is 0 Å². The first-order chi connectivity index (χ1) is 24.3. The molecule has 0 saturated heterocycles. The Bertz CT molecular complexity index is 3090. The molecule has 0 spiro atoms. The molecule has 0 saturated carbocycles. The van der Waals surface area contributed by atoms with E-state index >= 15 is 0 Å². The molecule has 0 aliphatic heterocycles. The lowest BCUT2D eigenvalue weighted by Gasteiger charge is -2.13. The van der Waals surface area contributed by atoms with E-state index in [2.05, 4.69) is 179 Å². The molecular formula is C46H28N2S. The van der Waals surface area contributed by atoms with Gasteiger partial charge in [0.1, 0.15) is 0 Å². The van der Waals surface area contributed by atoms with Gasteiger partial charge in [0.25, 0.3) is 0 Å². The van der Waals surface area contributed by atoms with Crippen molar-refractivity contribution >= 4 is 85.9 Å². The largest absolute Gasteiger partial charge is 0.309 e. The highest BCUT2D eigenvalue weighted by molar-refractivity contribution is 7.25. The van der Waals surface area contributed by atoms with Gasteiger partial charge >= 0.3 is 0 Å². The Kier molecular flexibility index (Phi) is 5.57. The second kappa shape index (κ2) is 10.2. The highest BCUT2D eigenvalue weighted by atomic mass is 32.1. The van der Waals surface area contributed by atoms with Crippen molar-refractivity contribution in [2.75, 3.05) is 0 Å². The summed E-state index contributed by atoms with van der Waals surface area (Å²) in [6, 6.07) is 62.3. The van der Waals surface area contributed by atoms with Crippen LogP contribution >= 0.6 is 11.3 Å². The van der Waals surface area contributed by atoms with Gasteiger partial charge in [-0.25, -0.2) is 0 Å². The first-order valence-electron chi connectivity index (χ1n) is 16.8. The van der Waals surface area contributed by atoms with E-state index in [1.807, 2.05) is 11.3 Å². The molecule has 11 aromatic rings. The zero-order valence-corrected chi connectivity index (χ0v) is 27.3. The number of hydrogen-bond acceptors (Lipinski definition) is 1. The Morgan fingerprint density at radius 1 is 0.327 bits per heavy atom. The van der Waals surface area contributed by atoms with Crippen LogP contribution < -0.4 is 0 Å². The predicted octanol–water partition coefficient (Wildman–Crippen LogP) is 13.1. The van der Waals surface area contributed by atoms with Crippen molar-refractivity contribution in [1.82, 2.24) is 9.13 Å². The molecule has 228 valence electrons. The van der Waals surface area contributed by atoms with Crippen LogP contribution in [0.3, 0.4) is 0 Å². The van der Waals surface area contributed by atoms with Crippen molar-refractivity contribution in [2.24, 2.45) is 0 Å². The van der Waals surface area contributed by atoms with Gasteiger partial charge in [0.2, 0.25) is 0 Å². The van der Waals surface area contributed by atoms with E-state index in [0.717, 1.165) is 5.69 Å². The number of nitrogens with zero attached hydrogens (tertiary/aromatic N) is 2. The third-order valence-electron chi connectivity index (χ3n) is 10.3. The molecule has 2 nitrogen and oxygen atoms in total. The van der Waals surface area contributed by atoms with Crippen molar-refractivity contribution in [2.45, 2.75) is 0 Å². The summed E-state index contributed by atoms with van der Waals surface area (Å²) < 4.78 is 7.63. The van der Waals surface area contributed by atoms with Gasteiger partial charge in [-0.3, -0.25) is 0 Å². The zero-order chi connectivity index (χ0) is 32.1. The summed E-state index contributed by atoms with van der Waals surface area (Å²) in [5, 5.41) is 10.3. The van der Waals surface area contributed by atoms with Crippen molar-refractivity contribution in [3.8, 4) is 22.5 Å². The van der Waals surface area contributed by atoms with Gasteiger partial charge in [-0.15, -0.1) is 11.3 Å². The number of hydrogen-bond donors (Lipinski definition) is 0. The van der Waals surface area contributed by atoms with Crippen LogP contribution in [0.4, 0.5) is 0 Å². The maximum atomic E-state index is 2.48. The van der Waals surface area contributed by atoms with Crippen LogP contribution in [0.25, 0.3) is 97.1 Å². The first-order valence-corrected chi connectivity index (χ1v) is 17.6. The number of aromatic nitrogens is 2. The maximum Gasteiger partial charge on any atom is 0.0647 e. The summed E-state index contributed by atoms with van der Waals surface area (Å²) in [5.74, 6) is 0. The monoisotopic (exact) mass is 640 g/mol. The summed E-state index contributed by atoms with van der Waals surface area (Å²) >= 11 is 1.87. The summed E-state index contributed by atoms with van der Waals surface area (Å²) in [6.45, 7) is 0. The molecular weight excluding hydrogens is 613 g/mol. The topological polar surface area (TPSA) is 9.86 Å². The Morgan fingerprint density at radius 2 is 0.857 bits per heavy atom. The molecule has 8 aromatic carbocycles. The Balaban J connectivity index is 1.21. The third kappa shape index (κ3) is 3.76. The molecule has 0 atom stereocenters. The number of benzene rings is 8. The lowest BCUT2D eigenvalue weighted by molar-refractivity contribution is 1.18. The Hall–Kier alpha value is -6.16. The lowest BCUT2D eigenvalue weighted by atomic mass is 9.99. The average Bonchev–Trinajstić information content (AvgIpc) is 3.83. The van der Waals surface area contributed by atoms with Gasteiger partial charge in [-0.05, 0) is 65.0 Å². The van der Waals surface area contributed by atoms with E-state index in [1.165, 1.54) is 91.4 Å². The van der Waals surface area contributed by atoms with Crippen molar-refractivity contribution < 1.29 is 0 Å². The van der Waals surface area contributed by atoms with Crippen LogP contribution in [0.15, 0.2) is 170 Å². The minimum atomic E-state index is 1.16. The average molecular weight is 641 g/mol. The Morgan fingerprint density at radius 3 is 1.61 bits per heavy atom. The molecule has 0 N–H and O–H groups in total. The van der Waals surface area contributed by atoms with E-state index in [9.17, 15) is 0 Å². The van der Waals surface area contributed by atoms with Crippen LogP contribution in [0.5, 0.6) is 0 Å². The van der Waals surface area contributed by atoms with E-state index in [4.69, 9.17) is 0 Å². The first kappa shape index (κ1) is 26.9. The summed E-state index contributed by atoms with van der Waals surface area (Å²) in [4.78, 5) is 0. The number of fused-ring (bicyclic) bond motifs is 13. The second-order valence-corrected chi connectivity index (χ2v) is 14.0. The van der Waals surface area contributed by atoms with Gasteiger partial charge in [-0.2, -0.15) is 0 Å². The van der Waals surface area contributed by atoms with E-state index < -0.39 is 0 Å². The second-order valence-electron chi connectivity index (χ2n) is 12.9. The summed E-state index contributed by atoms with van der Waals surface area (Å²) in [6.07, 6.45) is 0. The van der Waals surface area contributed by atoms with Gasteiger partial charge < -0.3 is 9.13 Å². The molecule has 3 heteroatoms. The van der Waals surface area contributed by atoms with Crippen molar-refractivity contribution in [3.05, 3.63) is 170 Å². The molecule has 0 amide bonds. The van der Waals surface area contributed by atoms with E-state index in [0.29, 0.717) is 0 Å². The van der Waals surface area contributed by atoms with Gasteiger partial charge in [0, 0.05) is 58.5 Å². The smallest absolute Gasteiger partial charge is 0.0647 e. The summed E-state index contributed by atoms with van der Waals surface area (Å²) in [5.41, 5.74) is 9.71. The molecule has 0 unspecified atom stereocenters. The molecule has 0 aliphatic rings. The van der Waals surface area contributed by atoms with Crippen molar-refractivity contribution in [1.29, 1.82) is 0 Å². The standard InChI is InChI=1S/C46H28N2S/c1-2-12-31(13-3-1)48-39-19-9-6-17-37(39)43-35-15-4-5-16-36(35)45-44(46(43)48)38-18-7-10-20-40(38)47(45)32-25-22-29(23-26-32)30-24-27-34-33-14-8-11-21-41(33)49-42(34)28-30/h1-28H. The number of para-hydroxylation sites is 3. The van der Waals surface area contributed by atoms with Crippen LogP contribution in [-0.4, -0.2) is 9.13 Å². The normalized spacial score (nSPS) is 12.1. The molecule has 3 heterocycles. The van der Waals surface area contributed by atoms with Gasteiger partial charge in [-0.1, -0.05) is 121 Å². The minimum Gasteiger partial charge on any atom is -0.309 e. The molecule has 11 rings (SSSR count). The van der Waals surface area contributed by atoms with Crippen molar-refractivity contribution in [3.63, 3.8) is 0 Å². The van der Waals surface area contributed by atoms with Gasteiger partial charge in [0.05, 0.1) is 22.1 Å². The molecule has 0 fully saturated rings. The highest BCUT2D eigenvalue weighted by Gasteiger charge is 2.24. The minimum absolute atomic E-state index is 1.16. The fraction of sp³-hybridized carbons (Fsp3) is 0. The molecule has 0 bridgehead atoms. The SMILES string of the molecule is c1ccc(-n2c3ccccc3c3c4ccccc4c4c(c5ccccc5n4-c4ccc(-c5ccc6c(c5)sc5ccccc56)cc4)c32)cc1. The molecule has 0 radical (unpaired) electrons. The predicted molar refractivity (Wildman–Crippen MR) is 211 cm³/mol. The quantitative estimate of drug-likeness (QED) is 0.182. The number of thiophene rings is 1. The lowest BCUT2D eigenvalue weighted by Crippen LogP contribution is -1.96. The van der Waals surface area contributed by atoms with Crippen LogP contribution in [0.2, 0.25) is 0 Å². The van der Waals surface area contributed by atoms with Crippen LogP contribution in [0, 0.1) is 0 Å². The zero-order valence-electron chi connectivity index (χ0n) is 26.5. The molecule has 49 heavy (non-hydrogen) atoms. The third-order valence-corrected chi connectivity index (χ3v) is 11.4. The molecule has 3 aromatic heterocycles. The van der Waals surface area contributed by atoms with Crippen LogP contribution in [0.1, 0.15) is 0 Å². The Labute approximate surface area is 286 Å². The molecule has 0 aliphatic carbocycles. The van der Waals surface area contributed by atoms with Gasteiger partial charge in [0.15, 0.2) is 0 Å². The fourth-order valence-corrected chi connectivity index (χ4v) is 9.36.